The zero-order chi connectivity index (χ0) is 14.5. The van der Waals surface area contributed by atoms with Gasteiger partial charge >= 0.3 is 0 Å². The molecule has 0 saturated heterocycles. The van der Waals surface area contributed by atoms with E-state index in [1.54, 1.807) is 18.2 Å². The number of rotatable bonds is 4. The molecule has 0 aliphatic rings. The van der Waals surface area contributed by atoms with Gasteiger partial charge in [-0.1, -0.05) is 17.7 Å². The normalized spacial score (nSPS) is 10.9. The highest BCUT2D eigenvalue weighted by atomic mass is 35.5. The van der Waals surface area contributed by atoms with E-state index in [0.717, 1.165) is 12.1 Å². The molecular weight excluding hydrogens is 286 g/mol. The highest BCUT2D eigenvalue weighted by Crippen LogP contribution is 2.22. The van der Waals surface area contributed by atoms with Crippen LogP contribution in [0, 0.1) is 11.6 Å². The van der Waals surface area contributed by atoms with Gasteiger partial charge in [0.2, 0.25) is 0 Å². The summed E-state index contributed by atoms with van der Waals surface area (Å²) in [4.78, 5) is 0. The maximum atomic E-state index is 13.1. The van der Waals surface area contributed by atoms with Crippen molar-refractivity contribution in [2.24, 2.45) is 10.9 Å². The van der Waals surface area contributed by atoms with Crippen molar-refractivity contribution >= 4 is 17.8 Å². The summed E-state index contributed by atoms with van der Waals surface area (Å²) in [5.74, 6) is 3.79. The number of ether oxygens (including phenoxy) is 1. The van der Waals surface area contributed by atoms with E-state index in [0.29, 0.717) is 21.9 Å². The average molecular weight is 297 g/mol. The summed E-state index contributed by atoms with van der Waals surface area (Å²) in [7, 11) is 0. The van der Waals surface area contributed by atoms with Crippen LogP contribution in [0.3, 0.4) is 0 Å². The lowest BCUT2D eigenvalue weighted by atomic mass is 10.2. The smallest absolute Gasteiger partial charge is 0.159 e. The fourth-order valence-corrected chi connectivity index (χ4v) is 1.80. The number of hydrazone groups is 1. The summed E-state index contributed by atoms with van der Waals surface area (Å²) in [6, 6.07) is 8.53. The highest BCUT2D eigenvalue weighted by Gasteiger charge is 2.06. The Labute approximate surface area is 119 Å². The molecular formula is C14H11ClF2N2O. The predicted octanol–water partition coefficient (Wildman–Crippen LogP) is 3.49. The Morgan fingerprint density at radius 1 is 1.15 bits per heavy atom. The average Bonchev–Trinajstić information content (AvgIpc) is 2.42. The first-order valence-electron chi connectivity index (χ1n) is 5.69. The lowest BCUT2D eigenvalue weighted by Crippen LogP contribution is -2.00. The van der Waals surface area contributed by atoms with Crippen molar-refractivity contribution in [3.05, 3.63) is 64.2 Å². The standard InChI is InChI=1S/C14H11ClF2N2O/c15-11-2-4-14(10(6-11)7-19-18)20-8-9-1-3-12(16)13(17)5-9/h1-7H,8,18H2. The van der Waals surface area contributed by atoms with Gasteiger partial charge in [-0.3, -0.25) is 0 Å². The van der Waals surface area contributed by atoms with Crippen LogP contribution in [0.1, 0.15) is 11.1 Å². The van der Waals surface area contributed by atoms with E-state index in [4.69, 9.17) is 22.2 Å². The first-order chi connectivity index (χ1) is 9.60. The molecule has 0 spiro atoms. The van der Waals surface area contributed by atoms with Crippen molar-refractivity contribution in [3.8, 4) is 5.75 Å². The topological polar surface area (TPSA) is 47.6 Å². The molecule has 0 radical (unpaired) electrons. The summed E-state index contributed by atoms with van der Waals surface area (Å²) in [5.41, 5.74) is 1.11. The number of hydrogen-bond acceptors (Lipinski definition) is 3. The second-order valence-electron chi connectivity index (χ2n) is 4.00. The van der Waals surface area contributed by atoms with E-state index in [1.807, 2.05) is 0 Å². The van der Waals surface area contributed by atoms with Crippen molar-refractivity contribution < 1.29 is 13.5 Å². The summed E-state index contributed by atoms with van der Waals surface area (Å²) in [6.45, 7) is 0.0875. The van der Waals surface area contributed by atoms with Crippen LogP contribution >= 0.6 is 11.6 Å². The molecule has 0 bridgehead atoms. The fraction of sp³-hybridized carbons (Fsp3) is 0.0714. The van der Waals surface area contributed by atoms with Crippen molar-refractivity contribution in [1.29, 1.82) is 0 Å². The summed E-state index contributed by atoms with van der Waals surface area (Å²) < 4.78 is 31.4. The Balaban J connectivity index is 2.16. The minimum absolute atomic E-state index is 0.0875. The molecule has 3 nitrogen and oxygen atoms in total. The number of halogens is 3. The van der Waals surface area contributed by atoms with E-state index in [1.165, 1.54) is 12.3 Å². The third-order valence-corrected chi connectivity index (χ3v) is 2.80. The molecule has 2 rings (SSSR count). The minimum atomic E-state index is -0.911. The molecule has 0 unspecified atom stereocenters. The summed E-state index contributed by atoms with van der Waals surface area (Å²) in [5, 5.41) is 3.93. The molecule has 6 heteroatoms. The zero-order valence-corrected chi connectivity index (χ0v) is 11.1. The van der Waals surface area contributed by atoms with E-state index >= 15 is 0 Å². The second-order valence-corrected chi connectivity index (χ2v) is 4.43. The van der Waals surface area contributed by atoms with Crippen LogP contribution in [-0.4, -0.2) is 6.21 Å². The lowest BCUT2D eigenvalue weighted by molar-refractivity contribution is 0.304. The lowest BCUT2D eigenvalue weighted by Gasteiger charge is -2.09. The molecule has 0 aromatic heterocycles. The van der Waals surface area contributed by atoms with Crippen molar-refractivity contribution in [2.75, 3.05) is 0 Å². The van der Waals surface area contributed by atoms with Gasteiger partial charge in [-0.25, -0.2) is 8.78 Å². The summed E-state index contributed by atoms with van der Waals surface area (Å²) >= 11 is 5.86. The van der Waals surface area contributed by atoms with E-state index < -0.39 is 11.6 Å². The van der Waals surface area contributed by atoms with Gasteiger partial charge in [0.15, 0.2) is 11.6 Å². The van der Waals surface area contributed by atoms with Crippen LogP contribution in [0.4, 0.5) is 8.78 Å². The van der Waals surface area contributed by atoms with Gasteiger partial charge in [0, 0.05) is 10.6 Å². The molecule has 0 aliphatic carbocycles. The van der Waals surface area contributed by atoms with Crippen LogP contribution in [-0.2, 0) is 6.61 Å². The van der Waals surface area contributed by atoms with E-state index in [2.05, 4.69) is 5.10 Å². The molecule has 2 aromatic rings. The second kappa shape index (κ2) is 6.34. The molecule has 0 heterocycles. The van der Waals surface area contributed by atoms with Crippen LogP contribution in [0.5, 0.6) is 5.75 Å². The molecule has 2 N–H and O–H groups in total. The Morgan fingerprint density at radius 2 is 1.95 bits per heavy atom. The maximum absolute atomic E-state index is 13.1. The Morgan fingerprint density at radius 3 is 2.65 bits per heavy atom. The van der Waals surface area contributed by atoms with Gasteiger partial charge in [-0.2, -0.15) is 5.10 Å². The van der Waals surface area contributed by atoms with Gasteiger partial charge in [0.1, 0.15) is 12.4 Å². The largest absolute Gasteiger partial charge is 0.488 e. The van der Waals surface area contributed by atoms with Crippen molar-refractivity contribution in [1.82, 2.24) is 0 Å². The first kappa shape index (κ1) is 14.3. The number of benzene rings is 2. The maximum Gasteiger partial charge on any atom is 0.159 e. The zero-order valence-electron chi connectivity index (χ0n) is 10.3. The van der Waals surface area contributed by atoms with Gasteiger partial charge in [-0.05, 0) is 35.9 Å². The summed E-state index contributed by atoms with van der Waals surface area (Å²) in [6.07, 6.45) is 1.40. The Hall–Kier alpha value is -2.14. The van der Waals surface area contributed by atoms with Crippen LogP contribution < -0.4 is 10.6 Å². The molecule has 0 aliphatic heterocycles. The number of nitrogens with zero attached hydrogens (tertiary/aromatic N) is 1. The molecule has 2 aromatic carbocycles. The number of nitrogens with two attached hydrogens (primary N) is 1. The monoisotopic (exact) mass is 296 g/mol. The quantitative estimate of drug-likeness (QED) is 0.533. The molecule has 0 fully saturated rings. The Bertz CT molecular complexity index is 647. The van der Waals surface area contributed by atoms with Gasteiger partial charge in [0.05, 0.1) is 6.21 Å². The van der Waals surface area contributed by atoms with Gasteiger partial charge < -0.3 is 10.6 Å². The SMILES string of the molecule is NN=Cc1cc(Cl)ccc1OCc1ccc(F)c(F)c1. The third kappa shape index (κ3) is 3.45. The molecule has 0 saturated carbocycles. The van der Waals surface area contributed by atoms with Crippen LogP contribution in [0.15, 0.2) is 41.5 Å². The van der Waals surface area contributed by atoms with Crippen LogP contribution in [0.25, 0.3) is 0 Å². The minimum Gasteiger partial charge on any atom is -0.488 e. The predicted molar refractivity (Wildman–Crippen MR) is 73.9 cm³/mol. The van der Waals surface area contributed by atoms with Crippen LogP contribution in [0.2, 0.25) is 5.02 Å². The number of hydrogen-bond donors (Lipinski definition) is 1. The van der Waals surface area contributed by atoms with Gasteiger partial charge in [-0.15, -0.1) is 0 Å². The van der Waals surface area contributed by atoms with E-state index in [-0.39, 0.29) is 6.61 Å². The van der Waals surface area contributed by atoms with Crippen molar-refractivity contribution in [2.45, 2.75) is 6.61 Å². The first-order valence-corrected chi connectivity index (χ1v) is 6.07. The Kier molecular flexibility index (Phi) is 4.53. The van der Waals surface area contributed by atoms with E-state index in [9.17, 15) is 8.78 Å². The highest BCUT2D eigenvalue weighted by molar-refractivity contribution is 6.30. The molecule has 0 amide bonds. The fourth-order valence-electron chi connectivity index (χ4n) is 1.62. The molecule has 20 heavy (non-hydrogen) atoms. The molecule has 104 valence electrons. The van der Waals surface area contributed by atoms with Crippen molar-refractivity contribution in [3.63, 3.8) is 0 Å². The third-order valence-electron chi connectivity index (χ3n) is 2.56. The molecule has 0 atom stereocenters. The van der Waals surface area contributed by atoms with Gasteiger partial charge in [0.25, 0.3) is 0 Å².